The molecule has 28 heavy (non-hydrogen) atoms. The number of nitrogens with zero attached hydrogens (tertiary/aromatic N) is 3. The number of aromatic nitrogens is 2. The van der Waals surface area contributed by atoms with E-state index in [4.69, 9.17) is 16.3 Å². The Kier molecular flexibility index (Phi) is 5.05. The third kappa shape index (κ3) is 3.60. The molecule has 1 amide bonds. The molecule has 1 fully saturated rings. The lowest BCUT2D eigenvalue weighted by molar-refractivity contribution is 0.0727. The molecule has 1 aromatic heterocycles. The second-order valence-electron chi connectivity index (χ2n) is 6.88. The molecule has 0 spiro atoms. The Bertz CT molecular complexity index is 1040. The fraction of sp³-hybridized carbons (Fsp3) is 0.286. The van der Waals surface area contributed by atoms with Gasteiger partial charge in [0, 0.05) is 23.7 Å². The predicted molar refractivity (Wildman–Crippen MR) is 107 cm³/mol. The summed E-state index contributed by atoms with van der Waals surface area (Å²) in [4.78, 5) is 23.4. The van der Waals surface area contributed by atoms with E-state index in [1.54, 1.807) is 30.2 Å². The van der Waals surface area contributed by atoms with Crippen LogP contribution in [0, 0.1) is 0 Å². The molecule has 144 valence electrons. The minimum atomic E-state index is -0.362. The Balaban J connectivity index is 1.61. The maximum absolute atomic E-state index is 13.1. The summed E-state index contributed by atoms with van der Waals surface area (Å²) in [5.74, 6) is -0.0483. The van der Waals surface area contributed by atoms with Crippen molar-refractivity contribution in [3.05, 3.63) is 58.7 Å². The normalized spacial score (nSPS) is 16.5. The Labute approximate surface area is 167 Å². The minimum Gasteiger partial charge on any atom is -0.497 e. The van der Waals surface area contributed by atoms with Crippen molar-refractivity contribution in [2.45, 2.75) is 25.3 Å². The first-order valence-electron chi connectivity index (χ1n) is 9.15. The smallest absolute Gasteiger partial charge is 0.278 e. The van der Waals surface area contributed by atoms with E-state index in [2.05, 4.69) is 9.97 Å². The van der Waals surface area contributed by atoms with Crippen LogP contribution in [0.5, 0.6) is 11.6 Å². The maximum Gasteiger partial charge on any atom is 0.278 e. The number of rotatable bonds is 4. The van der Waals surface area contributed by atoms with Gasteiger partial charge in [0.2, 0.25) is 5.88 Å². The zero-order valence-electron chi connectivity index (χ0n) is 15.4. The van der Waals surface area contributed by atoms with Gasteiger partial charge in [-0.25, -0.2) is 9.97 Å². The molecule has 0 radical (unpaired) electrons. The number of halogens is 1. The first-order valence-corrected chi connectivity index (χ1v) is 9.53. The highest BCUT2D eigenvalue weighted by molar-refractivity contribution is 6.30. The molecule has 6 nitrogen and oxygen atoms in total. The van der Waals surface area contributed by atoms with Crippen LogP contribution in [-0.4, -0.2) is 45.6 Å². The number of fused-ring (bicyclic) bond motifs is 1. The van der Waals surface area contributed by atoms with E-state index in [9.17, 15) is 9.90 Å². The van der Waals surface area contributed by atoms with Crippen molar-refractivity contribution >= 4 is 28.5 Å². The third-order valence-electron chi connectivity index (χ3n) is 5.05. The van der Waals surface area contributed by atoms with Crippen LogP contribution in [0.4, 0.5) is 0 Å². The molecule has 1 aliphatic heterocycles. The molecule has 0 saturated carbocycles. The summed E-state index contributed by atoms with van der Waals surface area (Å²) < 4.78 is 5.17. The van der Waals surface area contributed by atoms with Gasteiger partial charge in [0.25, 0.3) is 5.91 Å². The first-order chi connectivity index (χ1) is 13.5. The molecule has 2 aromatic carbocycles. The van der Waals surface area contributed by atoms with Gasteiger partial charge in [-0.1, -0.05) is 23.7 Å². The van der Waals surface area contributed by atoms with Gasteiger partial charge in [-0.05, 0) is 49.1 Å². The van der Waals surface area contributed by atoms with E-state index in [-0.39, 0.29) is 23.5 Å². The zero-order chi connectivity index (χ0) is 19.7. The van der Waals surface area contributed by atoms with Crippen molar-refractivity contribution in [3.8, 4) is 11.6 Å². The lowest BCUT2D eigenvalue weighted by atomic mass is 10.0. The van der Waals surface area contributed by atoms with Crippen molar-refractivity contribution in [2.24, 2.45) is 0 Å². The number of carbonyl (C=O) groups excluding carboxylic acids is 1. The molecule has 0 bridgehead atoms. The number of likely N-dealkylation sites (tertiary alicyclic amines) is 1. The quantitative estimate of drug-likeness (QED) is 0.723. The summed E-state index contributed by atoms with van der Waals surface area (Å²) in [7, 11) is 1.56. The van der Waals surface area contributed by atoms with Gasteiger partial charge in [0.15, 0.2) is 5.69 Å². The summed E-state index contributed by atoms with van der Waals surface area (Å²) >= 11 is 6.08. The number of amides is 1. The molecule has 1 aliphatic rings. The van der Waals surface area contributed by atoms with Crippen molar-refractivity contribution in [1.82, 2.24) is 14.9 Å². The van der Waals surface area contributed by atoms with E-state index < -0.39 is 0 Å². The van der Waals surface area contributed by atoms with Gasteiger partial charge in [-0.2, -0.15) is 0 Å². The van der Waals surface area contributed by atoms with Crippen LogP contribution >= 0.6 is 11.6 Å². The standard InChI is InChI=1S/C21H20ClN3O3/c1-28-16-7-8-17-18(12-16)24-20(26)19(23-17)21(27)25-9-3-6-15(25)11-13-4-2-5-14(22)10-13/h2,4-5,7-8,10,12,15H,3,6,9,11H2,1H3,(H,24,26). The summed E-state index contributed by atoms with van der Waals surface area (Å²) in [5, 5.41) is 11.0. The molecule has 1 unspecified atom stereocenters. The number of methoxy groups -OCH3 is 1. The Morgan fingerprint density at radius 1 is 1.25 bits per heavy atom. The monoisotopic (exact) mass is 397 g/mol. The SMILES string of the molecule is COc1ccc2nc(C(=O)N3CCCC3Cc3cccc(Cl)c3)c(O)nc2c1. The van der Waals surface area contributed by atoms with E-state index in [1.165, 1.54) is 0 Å². The molecule has 1 saturated heterocycles. The average molecular weight is 398 g/mol. The van der Waals surface area contributed by atoms with E-state index >= 15 is 0 Å². The molecule has 0 aliphatic carbocycles. The van der Waals surface area contributed by atoms with Gasteiger partial charge < -0.3 is 14.7 Å². The Morgan fingerprint density at radius 3 is 2.89 bits per heavy atom. The van der Waals surface area contributed by atoms with Crippen LogP contribution in [0.25, 0.3) is 11.0 Å². The Hall–Kier alpha value is -2.86. The average Bonchev–Trinajstić information content (AvgIpc) is 3.14. The molecule has 1 N–H and O–H groups in total. The summed E-state index contributed by atoms with van der Waals surface area (Å²) in [5.41, 5.74) is 2.08. The maximum atomic E-state index is 13.1. The second-order valence-corrected chi connectivity index (χ2v) is 7.32. The van der Waals surface area contributed by atoms with Gasteiger partial charge in [0.1, 0.15) is 5.75 Å². The molecule has 1 atom stereocenters. The highest BCUT2D eigenvalue weighted by Crippen LogP contribution is 2.27. The largest absolute Gasteiger partial charge is 0.497 e. The van der Waals surface area contributed by atoms with Gasteiger partial charge in [-0.3, -0.25) is 4.79 Å². The number of hydrogen-bond acceptors (Lipinski definition) is 5. The zero-order valence-corrected chi connectivity index (χ0v) is 16.2. The number of benzene rings is 2. The lowest BCUT2D eigenvalue weighted by Crippen LogP contribution is -2.37. The highest BCUT2D eigenvalue weighted by atomic mass is 35.5. The third-order valence-corrected chi connectivity index (χ3v) is 5.29. The summed E-state index contributed by atoms with van der Waals surface area (Å²) in [6.07, 6.45) is 2.53. The lowest BCUT2D eigenvalue weighted by Gasteiger charge is -2.24. The van der Waals surface area contributed by atoms with Crippen LogP contribution < -0.4 is 4.74 Å². The predicted octanol–water partition coefficient (Wildman–Crippen LogP) is 3.84. The van der Waals surface area contributed by atoms with Gasteiger partial charge >= 0.3 is 0 Å². The first kappa shape index (κ1) is 18.5. The van der Waals surface area contributed by atoms with Crippen molar-refractivity contribution in [1.29, 1.82) is 0 Å². The Morgan fingerprint density at radius 2 is 2.11 bits per heavy atom. The van der Waals surface area contributed by atoms with Gasteiger partial charge in [-0.15, -0.1) is 0 Å². The molecule has 3 aromatic rings. The van der Waals surface area contributed by atoms with Gasteiger partial charge in [0.05, 0.1) is 18.1 Å². The van der Waals surface area contributed by atoms with Crippen LogP contribution in [0.15, 0.2) is 42.5 Å². The highest BCUT2D eigenvalue weighted by Gasteiger charge is 2.32. The molecular weight excluding hydrogens is 378 g/mol. The van der Waals surface area contributed by atoms with Crippen molar-refractivity contribution < 1.29 is 14.6 Å². The molecular formula is C21H20ClN3O3. The van der Waals surface area contributed by atoms with E-state index in [1.807, 2.05) is 24.3 Å². The summed E-state index contributed by atoms with van der Waals surface area (Å²) in [6.45, 7) is 0.631. The van der Waals surface area contributed by atoms with Crippen LogP contribution in [-0.2, 0) is 6.42 Å². The second kappa shape index (κ2) is 7.64. The number of ether oxygens (including phenoxy) is 1. The fourth-order valence-electron chi connectivity index (χ4n) is 3.68. The summed E-state index contributed by atoms with van der Waals surface area (Å²) in [6, 6.07) is 12.9. The molecule has 4 rings (SSSR count). The van der Waals surface area contributed by atoms with Crippen LogP contribution in [0.3, 0.4) is 0 Å². The number of hydrogen-bond donors (Lipinski definition) is 1. The van der Waals surface area contributed by atoms with Crippen molar-refractivity contribution in [2.75, 3.05) is 13.7 Å². The van der Waals surface area contributed by atoms with Crippen LogP contribution in [0.2, 0.25) is 5.02 Å². The number of aromatic hydroxyl groups is 1. The fourth-order valence-corrected chi connectivity index (χ4v) is 3.90. The minimum absolute atomic E-state index is 0.0179. The van der Waals surface area contributed by atoms with Crippen molar-refractivity contribution in [3.63, 3.8) is 0 Å². The van der Waals surface area contributed by atoms with E-state index in [0.29, 0.717) is 34.8 Å². The molecule has 2 heterocycles. The van der Waals surface area contributed by atoms with Crippen LogP contribution in [0.1, 0.15) is 28.9 Å². The topological polar surface area (TPSA) is 75.5 Å². The molecule has 7 heteroatoms. The van der Waals surface area contributed by atoms with E-state index in [0.717, 1.165) is 18.4 Å². The number of carbonyl (C=O) groups is 1.